The molecular weight excluding hydrogens is 424 g/mol. The zero-order chi connectivity index (χ0) is 23.8. The van der Waals surface area contributed by atoms with Crippen molar-refractivity contribution < 1.29 is 18.9 Å². The van der Waals surface area contributed by atoms with Gasteiger partial charge in [-0.3, -0.25) is 0 Å². The molecule has 0 saturated carbocycles. The van der Waals surface area contributed by atoms with Crippen LogP contribution in [0.5, 0.6) is 0 Å². The summed E-state index contributed by atoms with van der Waals surface area (Å²) in [5, 5.41) is 0. The first-order valence-electron chi connectivity index (χ1n) is 11.7. The van der Waals surface area contributed by atoms with Crippen molar-refractivity contribution in [3.05, 3.63) is 125 Å². The van der Waals surface area contributed by atoms with Gasteiger partial charge >= 0.3 is 0 Å². The molecule has 34 heavy (non-hydrogen) atoms. The molecule has 1 aliphatic heterocycles. The van der Waals surface area contributed by atoms with E-state index in [0.29, 0.717) is 13.2 Å². The molecule has 3 atom stereocenters. The summed E-state index contributed by atoms with van der Waals surface area (Å²) in [6.45, 7) is 6.59. The average molecular weight is 457 g/mol. The molecule has 0 aliphatic carbocycles. The molecule has 0 amide bonds. The molecule has 0 radical (unpaired) electrons. The van der Waals surface area contributed by atoms with Crippen LogP contribution in [-0.2, 0) is 24.5 Å². The summed E-state index contributed by atoms with van der Waals surface area (Å²) < 4.78 is 24.7. The Bertz CT molecular complexity index is 988. The molecule has 1 fully saturated rings. The highest BCUT2D eigenvalue weighted by Crippen LogP contribution is 2.41. The molecular formula is C30H32O4. The van der Waals surface area contributed by atoms with Crippen LogP contribution in [0.3, 0.4) is 0 Å². The van der Waals surface area contributed by atoms with Gasteiger partial charge in [0.05, 0.1) is 13.2 Å². The van der Waals surface area contributed by atoms with Crippen molar-refractivity contribution >= 4 is 0 Å². The van der Waals surface area contributed by atoms with Gasteiger partial charge in [0.2, 0.25) is 0 Å². The van der Waals surface area contributed by atoms with Gasteiger partial charge in [-0.25, -0.2) is 0 Å². The van der Waals surface area contributed by atoms with Gasteiger partial charge in [0.15, 0.2) is 12.4 Å². The van der Waals surface area contributed by atoms with Crippen LogP contribution in [-0.4, -0.2) is 31.7 Å². The molecule has 176 valence electrons. The van der Waals surface area contributed by atoms with Gasteiger partial charge in [0, 0.05) is 0 Å². The summed E-state index contributed by atoms with van der Waals surface area (Å²) in [5.41, 5.74) is 6.47. The first kappa shape index (κ1) is 24.0. The second-order valence-corrected chi connectivity index (χ2v) is 8.60. The Morgan fingerprint density at radius 1 is 0.882 bits per heavy atom. The van der Waals surface area contributed by atoms with E-state index in [1.165, 1.54) is 0 Å². The Hall–Kier alpha value is -3.14. The monoisotopic (exact) mass is 456 g/mol. The summed E-state index contributed by atoms with van der Waals surface area (Å²) in [4.78, 5) is 0. The molecule has 0 N–H and O–H groups in total. The maximum atomic E-state index is 6.93. The molecule has 0 aromatic heterocycles. The number of benzene rings is 3. The van der Waals surface area contributed by atoms with Gasteiger partial charge in [-0.05, 0) is 43.0 Å². The molecule has 0 spiro atoms. The van der Waals surface area contributed by atoms with E-state index in [1.54, 1.807) is 6.26 Å². The Morgan fingerprint density at radius 3 is 1.85 bits per heavy atom. The predicted octanol–water partition coefficient (Wildman–Crippen LogP) is 6.22. The molecule has 3 aromatic carbocycles. The van der Waals surface area contributed by atoms with Gasteiger partial charge in [-0.15, -0.1) is 0 Å². The minimum atomic E-state index is -0.811. The van der Waals surface area contributed by atoms with Crippen molar-refractivity contribution in [3.8, 4) is 0 Å². The van der Waals surface area contributed by atoms with E-state index in [9.17, 15) is 0 Å². The summed E-state index contributed by atoms with van der Waals surface area (Å²) in [7, 11) is 0. The lowest BCUT2D eigenvalue weighted by Gasteiger charge is -2.40. The first-order valence-corrected chi connectivity index (χ1v) is 11.7. The highest BCUT2D eigenvalue weighted by atomic mass is 16.7. The van der Waals surface area contributed by atoms with Crippen LogP contribution < -0.4 is 0 Å². The van der Waals surface area contributed by atoms with Crippen LogP contribution >= 0.6 is 0 Å². The van der Waals surface area contributed by atoms with Crippen LogP contribution in [0.15, 0.2) is 109 Å². The molecule has 3 aromatic rings. The van der Waals surface area contributed by atoms with Crippen molar-refractivity contribution in [3.63, 3.8) is 0 Å². The summed E-state index contributed by atoms with van der Waals surface area (Å²) in [6.07, 6.45) is 0.646. The van der Waals surface area contributed by atoms with Crippen LogP contribution in [0.25, 0.3) is 0 Å². The average Bonchev–Trinajstić information content (AvgIpc) is 2.87. The van der Waals surface area contributed by atoms with E-state index in [4.69, 9.17) is 18.9 Å². The lowest BCUT2D eigenvalue weighted by atomic mass is 9.80. The van der Waals surface area contributed by atoms with Crippen molar-refractivity contribution in [2.24, 2.45) is 0 Å². The van der Waals surface area contributed by atoms with Crippen molar-refractivity contribution in [2.45, 2.75) is 44.9 Å². The highest BCUT2D eigenvalue weighted by molar-refractivity contribution is 5.47. The van der Waals surface area contributed by atoms with Crippen molar-refractivity contribution in [1.82, 2.24) is 0 Å². The number of hydrogen-bond donors (Lipinski definition) is 0. The number of allylic oxidation sites excluding steroid dienone is 1. The van der Waals surface area contributed by atoms with Gasteiger partial charge in [-0.1, -0.05) is 96.7 Å². The summed E-state index contributed by atoms with van der Waals surface area (Å²) in [5.74, 6) is 0. The van der Waals surface area contributed by atoms with Gasteiger partial charge < -0.3 is 18.9 Å². The Kier molecular flexibility index (Phi) is 7.99. The van der Waals surface area contributed by atoms with Crippen molar-refractivity contribution in [2.75, 3.05) is 13.2 Å². The van der Waals surface area contributed by atoms with E-state index in [-0.39, 0.29) is 18.5 Å². The Labute approximate surface area is 202 Å². The fourth-order valence-electron chi connectivity index (χ4n) is 4.20. The van der Waals surface area contributed by atoms with E-state index in [1.807, 2.05) is 75.4 Å². The topological polar surface area (TPSA) is 36.9 Å². The smallest absolute Gasteiger partial charge is 0.155 e. The largest absolute Gasteiger partial charge is 0.485 e. The van der Waals surface area contributed by atoms with E-state index in [0.717, 1.165) is 22.3 Å². The number of hydrogen-bond acceptors (Lipinski definition) is 4. The Balaban J connectivity index is 1.73. The molecule has 4 nitrogen and oxygen atoms in total. The fraction of sp³-hybridized carbons (Fsp3) is 0.300. The molecule has 1 saturated heterocycles. The maximum Gasteiger partial charge on any atom is 0.155 e. The summed E-state index contributed by atoms with van der Waals surface area (Å²) in [6, 6.07) is 31.0. The second kappa shape index (κ2) is 11.3. The standard InChI is InChI=1S/C30H32O4/c1-23(2)19-20-31-28-21-32-24(3)34-29(28)22-33-30(25-13-7-4-8-14-25,26-15-9-5-10-16-26)27-17-11-6-12-18-27/h4-18,20,24,28-29H,21-22H2,1-3H3/t24-,28+,29+/m0/s1. The van der Waals surface area contributed by atoms with Crippen LogP contribution in [0.1, 0.15) is 37.5 Å². The zero-order valence-corrected chi connectivity index (χ0v) is 20.0. The van der Waals surface area contributed by atoms with E-state index >= 15 is 0 Å². The quantitative estimate of drug-likeness (QED) is 0.229. The normalized spacial score (nSPS) is 20.3. The molecule has 1 aliphatic rings. The molecule has 0 bridgehead atoms. The van der Waals surface area contributed by atoms with Gasteiger partial charge in [0.25, 0.3) is 0 Å². The molecule has 0 unspecified atom stereocenters. The van der Waals surface area contributed by atoms with E-state index < -0.39 is 5.60 Å². The Morgan fingerprint density at radius 2 is 1.38 bits per heavy atom. The van der Waals surface area contributed by atoms with Crippen LogP contribution in [0.2, 0.25) is 0 Å². The third-order valence-electron chi connectivity index (χ3n) is 5.87. The first-order chi connectivity index (χ1) is 16.6. The minimum Gasteiger partial charge on any atom is -0.485 e. The third-order valence-corrected chi connectivity index (χ3v) is 5.87. The van der Waals surface area contributed by atoms with Crippen molar-refractivity contribution in [1.29, 1.82) is 0 Å². The maximum absolute atomic E-state index is 6.93. The molecule has 4 rings (SSSR count). The van der Waals surface area contributed by atoms with Gasteiger partial charge in [-0.2, -0.15) is 0 Å². The lowest BCUT2D eigenvalue weighted by Crippen LogP contribution is -2.48. The fourth-order valence-corrected chi connectivity index (χ4v) is 4.20. The second-order valence-electron chi connectivity index (χ2n) is 8.60. The molecule has 4 heteroatoms. The third kappa shape index (κ3) is 5.49. The molecule has 1 heterocycles. The van der Waals surface area contributed by atoms with Crippen LogP contribution in [0, 0.1) is 0 Å². The van der Waals surface area contributed by atoms with E-state index in [2.05, 4.69) is 42.1 Å². The van der Waals surface area contributed by atoms with Crippen LogP contribution in [0.4, 0.5) is 0 Å². The SMILES string of the molecule is CC(C)=C=CO[C@@H]1CO[C@H](C)O[C@@H]1COC(c1ccccc1)(c1ccccc1)c1ccccc1. The lowest BCUT2D eigenvalue weighted by molar-refractivity contribution is -0.259. The minimum absolute atomic E-state index is 0.303. The predicted molar refractivity (Wildman–Crippen MR) is 133 cm³/mol. The number of ether oxygens (including phenoxy) is 4. The van der Waals surface area contributed by atoms with Gasteiger partial charge in [0.1, 0.15) is 18.0 Å². The zero-order valence-electron chi connectivity index (χ0n) is 20.0. The highest BCUT2D eigenvalue weighted by Gasteiger charge is 2.40. The number of rotatable bonds is 8. The summed E-state index contributed by atoms with van der Waals surface area (Å²) >= 11 is 0.